The van der Waals surface area contributed by atoms with Crippen LogP contribution < -0.4 is 10.0 Å². The van der Waals surface area contributed by atoms with Gasteiger partial charge in [-0.1, -0.05) is 35.9 Å². The number of amides is 1. The first-order valence-corrected chi connectivity index (χ1v) is 13.7. The van der Waals surface area contributed by atoms with Gasteiger partial charge < -0.3 is 15.5 Å². The first-order valence-electron chi connectivity index (χ1n) is 11.0. The van der Waals surface area contributed by atoms with E-state index in [1.165, 1.54) is 6.07 Å². The van der Waals surface area contributed by atoms with Crippen molar-refractivity contribution >= 4 is 44.8 Å². The van der Waals surface area contributed by atoms with E-state index in [9.17, 15) is 28.2 Å². The number of thiophene rings is 1. The third-order valence-corrected chi connectivity index (χ3v) is 9.42. The minimum atomic E-state index is -4.14. The van der Waals surface area contributed by atoms with Gasteiger partial charge in [0, 0.05) is 21.4 Å². The van der Waals surface area contributed by atoms with E-state index in [1.807, 2.05) is 0 Å². The molecule has 1 aromatic heterocycles. The van der Waals surface area contributed by atoms with Crippen molar-refractivity contribution in [1.82, 2.24) is 10.0 Å². The van der Waals surface area contributed by atoms with Crippen LogP contribution in [0.15, 0.2) is 64.9 Å². The summed E-state index contributed by atoms with van der Waals surface area (Å²) in [7, 11) is -4.14. The molecular formula is C25H25ClN2O6S2. The van der Waals surface area contributed by atoms with Crippen molar-refractivity contribution in [2.24, 2.45) is 0 Å². The molecule has 2 atom stereocenters. The van der Waals surface area contributed by atoms with Gasteiger partial charge in [-0.25, -0.2) is 8.42 Å². The number of aliphatic carboxylic acids is 1. The predicted molar refractivity (Wildman–Crippen MR) is 138 cm³/mol. The summed E-state index contributed by atoms with van der Waals surface area (Å²) in [4.78, 5) is 25.5. The molecule has 0 radical (unpaired) electrons. The number of carboxylic acid groups (broad SMARTS) is 1. The predicted octanol–water partition coefficient (Wildman–Crippen LogP) is 3.86. The Morgan fingerprint density at radius 3 is 2.47 bits per heavy atom. The van der Waals surface area contributed by atoms with Gasteiger partial charge in [-0.05, 0) is 67.8 Å². The highest BCUT2D eigenvalue weighted by molar-refractivity contribution is 7.91. The van der Waals surface area contributed by atoms with Crippen molar-refractivity contribution in [3.63, 3.8) is 0 Å². The van der Waals surface area contributed by atoms with Crippen LogP contribution in [-0.2, 0) is 14.8 Å². The molecule has 4 N–H and O–H groups in total. The van der Waals surface area contributed by atoms with E-state index < -0.39 is 38.9 Å². The molecule has 1 fully saturated rings. The van der Waals surface area contributed by atoms with Gasteiger partial charge in [0.05, 0.1) is 12.1 Å². The van der Waals surface area contributed by atoms with Crippen LogP contribution in [-0.4, -0.2) is 48.2 Å². The molecule has 0 saturated heterocycles. The third kappa shape index (κ3) is 5.33. The smallest absolute Gasteiger partial charge is 0.325 e. The molecule has 1 heterocycles. The number of carbonyl (C=O) groups excluding carboxylic acids is 1. The summed E-state index contributed by atoms with van der Waals surface area (Å²) in [5.74, 6) is -2.37. The monoisotopic (exact) mass is 548 g/mol. The summed E-state index contributed by atoms with van der Waals surface area (Å²) in [5.41, 5.74) is -0.944. The second kappa shape index (κ2) is 9.60. The zero-order valence-corrected chi connectivity index (χ0v) is 21.9. The molecule has 0 aliphatic heterocycles. The standard InChI is InChI=1S/C25H25ClN2O6S2/c1-24(2,14-29)27-22(30)17-5-3-4-16(12-17)19-13-25(19,23(31)32)28-36(33,34)21-11-10-20(35-21)15-6-8-18(26)9-7-15/h3-12,19,28-29H,13-14H2,1-2H3,(H,27,30)(H,31,32). The Morgan fingerprint density at radius 1 is 1.14 bits per heavy atom. The lowest BCUT2D eigenvalue weighted by Crippen LogP contribution is -2.46. The van der Waals surface area contributed by atoms with Crippen LogP contribution in [0, 0.1) is 0 Å². The van der Waals surface area contributed by atoms with Crippen LogP contribution in [0.4, 0.5) is 0 Å². The Balaban J connectivity index is 1.56. The summed E-state index contributed by atoms with van der Waals surface area (Å²) in [6.07, 6.45) is 0.0458. The third-order valence-electron chi connectivity index (χ3n) is 6.03. The van der Waals surface area contributed by atoms with Gasteiger partial charge in [-0.3, -0.25) is 9.59 Å². The number of benzene rings is 2. The molecular weight excluding hydrogens is 524 g/mol. The van der Waals surface area contributed by atoms with Crippen molar-refractivity contribution in [2.75, 3.05) is 6.61 Å². The average molecular weight is 549 g/mol. The van der Waals surface area contributed by atoms with Crippen LogP contribution in [0.25, 0.3) is 10.4 Å². The molecule has 0 bridgehead atoms. The largest absolute Gasteiger partial charge is 0.480 e. The van der Waals surface area contributed by atoms with E-state index >= 15 is 0 Å². The molecule has 0 spiro atoms. The van der Waals surface area contributed by atoms with E-state index in [1.54, 1.807) is 68.4 Å². The minimum absolute atomic E-state index is 0.00177. The first-order chi connectivity index (χ1) is 16.9. The highest BCUT2D eigenvalue weighted by Crippen LogP contribution is 2.52. The molecule has 11 heteroatoms. The van der Waals surface area contributed by atoms with Gasteiger partial charge in [-0.2, -0.15) is 4.72 Å². The fourth-order valence-corrected chi connectivity index (χ4v) is 6.74. The molecule has 3 aromatic rings. The SMILES string of the molecule is CC(C)(CO)NC(=O)c1cccc(C2CC2(NS(=O)(=O)c2ccc(-c3ccc(Cl)cc3)s2)C(=O)O)c1. The Bertz CT molecular complexity index is 1420. The minimum Gasteiger partial charge on any atom is -0.480 e. The summed E-state index contributed by atoms with van der Waals surface area (Å²) < 4.78 is 28.7. The van der Waals surface area contributed by atoms with E-state index in [0.717, 1.165) is 16.9 Å². The van der Waals surface area contributed by atoms with Crippen molar-refractivity contribution < 1.29 is 28.2 Å². The summed E-state index contributed by atoms with van der Waals surface area (Å²) in [6, 6.07) is 16.5. The zero-order valence-electron chi connectivity index (χ0n) is 19.5. The quantitative estimate of drug-likeness (QED) is 0.321. The van der Waals surface area contributed by atoms with Crippen LogP contribution in [0.2, 0.25) is 5.02 Å². The summed E-state index contributed by atoms with van der Waals surface area (Å²) in [6.45, 7) is 3.08. The number of sulfonamides is 1. The summed E-state index contributed by atoms with van der Waals surface area (Å²) in [5, 5.41) is 22.6. The highest BCUT2D eigenvalue weighted by atomic mass is 35.5. The number of carboxylic acids is 1. The molecule has 4 rings (SSSR count). The molecule has 36 heavy (non-hydrogen) atoms. The number of halogens is 1. The van der Waals surface area contributed by atoms with E-state index in [0.29, 0.717) is 15.5 Å². The Morgan fingerprint density at radius 2 is 1.83 bits per heavy atom. The van der Waals surface area contributed by atoms with E-state index in [2.05, 4.69) is 10.0 Å². The van der Waals surface area contributed by atoms with Gasteiger partial charge in [-0.15, -0.1) is 11.3 Å². The molecule has 1 aliphatic rings. The topological polar surface area (TPSA) is 133 Å². The molecule has 1 amide bonds. The van der Waals surface area contributed by atoms with E-state index in [-0.39, 0.29) is 22.8 Å². The maximum Gasteiger partial charge on any atom is 0.325 e. The highest BCUT2D eigenvalue weighted by Gasteiger charge is 2.63. The Hall–Kier alpha value is -2.76. The molecule has 2 aromatic carbocycles. The van der Waals surface area contributed by atoms with Gasteiger partial charge in [0.25, 0.3) is 15.9 Å². The number of nitrogens with one attached hydrogen (secondary N) is 2. The summed E-state index contributed by atoms with van der Waals surface area (Å²) >= 11 is 6.95. The lowest BCUT2D eigenvalue weighted by Gasteiger charge is -2.23. The van der Waals surface area contributed by atoms with Crippen molar-refractivity contribution in [1.29, 1.82) is 0 Å². The maximum atomic E-state index is 13.2. The van der Waals surface area contributed by atoms with Crippen LogP contribution in [0.3, 0.4) is 0 Å². The number of hydrogen-bond acceptors (Lipinski definition) is 6. The fraction of sp³-hybridized carbons (Fsp3) is 0.280. The number of aliphatic hydroxyl groups is 1. The molecule has 2 unspecified atom stereocenters. The van der Waals surface area contributed by atoms with Crippen molar-refractivity contribution in [3.8, 4) is 10.4 Å². The van der Waals surface area contributed by atoms with Crippen LogP contribution >= 0.6 is 22.9 Å². The molecule has 1 saturated carbocycles. The normalized spacial score (nSPS) is 19.6. The van der Waals surface area contributed by atoms with Crippen LogP contribution in [0.5, 0.6) is 0 Å². The van der Waals surface area contributed by atoms with Crippen molar-refractivity contribution in [3.05, 3.63) is 76.8 Å². The maximum absolute atomic E-state index is 13.2. The number of hydrogen-bond donors (Lipinski definition) is 4. The lowest BCUT2D eigenvalue weighted by atomic mass is 10.0. The zero-order chi connectivity index (χ0) is 26.3. The van der Waals surface area contributed by atoms with Gasteiger partial charge >= 0.3 is 5.97 Å². The second-order valence-corrected chi connectivity index (χ2v) is 12.8. The van der Waals surface area contributed by atoms with Gasteiger partial charge in [0.2, 0.25) is 0 Å². The van der Waals surface area contributed by atoms with Crippen LogP contribution in [0.1, 0.15) is 42.1 Å². The number of aliphatic hydroxyl groups excluding tert-OH is 1. The number of rotatable bonds is 9. The lowest BCUT2D eigenvalue weighted by molar-refractivity contribution is -0.140. The molecule has 1 aliphatic carbocycles. The average Bonchev–Trinajstić information content (AvgIpc) is 3.32. The van der Waals surface area contributed by atoms with Gasteiger partial charge in [0.15, 0.2) is 0 Å². The Labute approximate surface area is 218 Å². The molecule has 8 nitrogen and oxygen atoms in total. The van der Waals surface area contributed by atoms with E-state index in [4.69, 9.17) is 11.6 Å². The Kier molecular flexibility index (Phi) is 7.02. The second-order valence-electron chi connectivity index (χ2n) is 9.39. The fourth-order valence-electron chi connectivity index (χ4n) is 3.90. The van der Waals surface area contributed by atoms with Gasteiger partial charge in [0.1, 0.15) is 9.75 Å². The number of carbonyl (C=O) groups is 2. The van der Waals surface area contributed by atoms with Crippen molar-refractivity contribution in [2.45, 2.75) is 41.5 Å². The molecule has 190 valence electrons. The first kappa shape index (κ1) is 26.3.